The van der Waals surface area contributed by atoms with Gasteiger partial charge >= 0.3 is 0 Å². The van der Waals surface area contributed by atoms with Crippen LogP contribution in [0.3, 0.4) is 0 Å². The Balaban J connectivity index is 1.22. The maximum absolute atomic E-state index is 2.41. The minimum atomic E-state index is 1.08. The first-order valence-corrected chi connectivity index (χ1v) is 16.8. The van der Waals surface area contributed by atoms with E-state index in [1.165, 1.54) is 54.8 Å². The molecule has 0 atom stereocenters. The first kappa shape index (κ1) is 28.1. The van der Waals surface area contributed by atoms with Gasteiger partial charge in [0.1, 0.15) is 0 Å². The number of aromatic nitrogens is 1. The maximum atomic E-state index is 2.41. The van der Waals surface area contributed by atoms with Crippen LogP contribution in [0.4, 0.5) is 17.1 Å². The summed E-state index contributed by atoms with van der Waals surface area (Å²) in [6.07, 6.45) is 9.09. The number of hydrogen-bond donors (Lipinski definition) is 0. The lowest BCUT2D eigenvalue weighted by molar-refractivity contribution is 1.04. The minimum absolute atomic E-state index is 1.08. The number of hydrogen-bond acceptors (Lipinski definition) is 1. The molecule has 0 N–H and O–H groups in total. The number of para-hydroxylation sites is 2. The molecule has 0 bridgehead atoms. The van der Waals surface area contributed by atoms with Crippen molar-refractivity contribution in [3.05, 3.63) is 188 Å². The smallest absolute Gasteiger partial charge is 0.0547 e. The van der Waals surface area contributed by atoms with Crippen LogP contribution in [0.15, 0.2) is 182 Å². The Morgan fingerprint density at radius 2 is 1.21 bits per heavy atom. The van der Waals surface area contributed by atoms with Crippen molar-refractivity contribution in [3.63, 3.8) is 0 Å². The Hall–Kier alpha value is -6.12. The highest BCUT2D eigenvalue weighted by Crippen LogP contribution is 2.43. The van der Waals surface area contributed by atoms with Gasteiger partial charge in [0.25, 0.3) is 0 Å². The molecule has 0 unspecified atom stereocenters. The van der Waals surface area contributed by atoms with E-state index in [9.17, 15) is 0 Å². The fourth-order valence-electron chi connectivity index (χ4n) is 7.36. The molecule has 2 nitrogen and oxygen atoms in total. The highest BCUT2D eigenvalue weighted by Gasteiger charge is 2.20. The van der Waals surface area contributed by atoms with Crippen molar-refractivity contribution >= 4 is 55.2 Å². The predicted molar refractivity (Wildman–Crippen MR) is 205 cm³/mol. The summed E-state index contributed by atoms with van der Waals surface area (Å²) in [4.78, 5) is 2.39. The van der Waals surface area contributed by atoms with E-state index in [2.05, 4.69) is 191 Å². The molecule has 7 aromatic carbocycles. The van der Waals surface area contributed by atoms with Gasteiger partial charge in [-0.25, -0.2) is 0 Å². The predicted octanol–water partition coefficient (Wildman–Crippen LogP) is 12.8. The Bertz CT molecular complexity index is 2480. The van der Waals surface area contributed by atoms with E-state index in [1.54, 1.807) is 0 Å². The van der Waals surface area contributed by atoms with Crippen molar-refractivity contribution in [3.8, 4) is 16.8 Å². The molecule has 0 fully saturated rings. The summed E-state index contributed by atoms with van der Waals surface area (Å²) in [5, 5.41) is 5.12. The van der Waals surface area contributed by atoms with Crippen molar-refractivity contribution in [2.24, 2.45) is 0 Å². The van der Waals surface area contributed by atoms with Crippen LogP contribution in [0, 0.1) is 0 Å². The zero-order chi connectivity index (χ0) is 31.9. The molecular formula is C46H34N2. The van der Waals surface area contributed by atoms with Crippen LogP contribution < -0.4 is 4.90 Å². The van der Waals surface area contributed by atoms with Gasteiger partial charge in [-0.3, -0.25) is 0 Å². The van der Waals surface area contributed by atoms with Gasteiger partial charge in [-0.05, 0) is 101 Å². The lowest BCUT2D eigenvalue weighted by atomic mass is 9.94. The molecule has 1 aromatic heterocycles. The zero-order valence-corrected chi connectivity index (χ0v) is 26.6. The Morgan fingerprint density at radius 1 is 0.500 bits per heavy atom. The van der Waals surface area contributed by atoms with Crippen LogP contribution in [0.2, 0.25) is 0 Å². The number of allylic oxidation sites excluding steroid dienone is 4. The highest BCUT2D eigenvalue weighted by molar-refractivity contribution is 6.21. The second-order valence-corrected chi connectivity index (χ2v) is 12.5. The summed E-state index contributed by atoms with van der Waals surface area (Å²) in [6.45, 7) is 0. The van der Waals surface area contributed by atoms with E-state index in [4.69, 9.17) is 0 Å². The molecule has 0 spiro atoms. The van der Waals surface area contributed by atoms with Gasteiger partial charge in [0.05, 0.1) is 16.7 Å². The lowest BCUT2D eigenvalue weighted by Gasteiger charge is -2.28. The fourth-order valence-corrected chi connectivity index (χ4v) is 7.36. The molecular weight excluding hydrogens is 581 g/mol. The number of fused-ring (bicyclic) bond motifs is 5. The van der Waals surface area contributed by atoms with Crippen LogP contribution in [0.5, 0.6) is 0 Å². The number of anilines is 3. The van der Waals surface area contributed by atoms with E-state index in [0.717, 1.165) is 35.6 Å². The fraction of sp³-hybridized carbons (Fsp3) is 0.0435. The van der Waals surface area contributed by atoms with Gasteiger partial charge in [0.2, 0.25) is 0 Å². The van der Waals surface area contributed by atoms with Gasteiger partial charge in [0.15, 0.2) is 0 Å². The summed E-state index contributed by atoms with van der Waals surface area (Å²) in [7, 11) is 0. The average Bonchev–Trinajstić information content (AvgIpc) is 3.51. The van der Waals surface area contributed by atoms with Crippen molar-refractivity contribution in [1.29, 1.82) is 0 Å². The highest BCUT2D eigenvalue weighted by atomic mass is 15.1. The minimum Gasteiger partial charge on any atom is -0.310 e. The molecule has 9 rings (SSSR count). The van der Waals surface area contributed by atoms with Crippen molar-refractivity contribution in [1.82, 2.24) is 4.57 Å². The Kier molecular flexibility index (Phi) is 6.98. The Morgan fingerprint density at radius 3 is 2.00 bits per heavy atom. The normalized spacial score (nSPS) is 12.9. The SMILES string of the molecule is C1=CC(c2ccc(N(c3ccccc3)c3ccc(-n4c5ccccc5c5c6ccccc6ccc54)cc3)c(-c3ccccc3)c2)=CCC1. The standard InChI is InChI=1S/C46H34N2/c1-4-14-33(15-5-1)36-25-30-44(42(32-36)34-16-6-2-7-17-34)47(37-19-8-3-9-20-37)38-26-28-39(29-27-38)48-43-23-13-12-22-41(43)46-40-21-11-10-18-35(40)24-31-45(46)48/h2-4,6-32H,1,5H2. The first-order chi connectivity index (χ1) is 23.8. The summed E-state index contributed by atoms with van der Waals surface area (Å²) in [6, 6.07) is 59.4. The molecule has 2 heteroatoms. The van der Waals surface area contributed by atoms with Crippen molar-refractivity contribution in [2.45, 2.75) is 12.8 Å². The number of benzene rings is 7. The molecule has 0 radical (unpaired) electrons. The molecule has 8 aromatic rings. The van der Waals surface area contributed by atoms with Crippen LogP contribution in [0.1, 0.15) is 18.4 Å². The molecule has 0 amide bonds. The van der Waals surface area contributed by atoms with Gasteiger partial charge in [-0.2, -0.15) is 0 Å². The summed E-state index contributed by atoms with van der Waals surface area (Å²) in [5.41, 5.74) is 11.9. The summed E-state index contributed by atoms with van der Waals surface area (Å²) >= 11 is 0. The third-order valence-corrected chi connectivity index (χ3v) is 9.59. The third-order valence-electron chi connectivity index (χ3n) is 9.59. The van der Waals surface area contributed by atoms with E-state index >= 15 is 0 Å². The summed E-state index contributed by atoms with van der Waals surface area (Å²) < 4.78 is 2.41. The molecule has 1 aliphatic rings. The van der Waals surface area contributed by atoms with Gasteiger partial charge in [-0.1, -0.05) is 121 Å². The van der Waals surface area contributed by atoms with E-state index in [0.29, 0.717) is 0 Å². The van der Waals surface area contributed by atoms with E-state index < -0.39 is 0 Å². The molecule has 228 valence electrons. The van der Waals surface area contributed by atoms with Gasteiger partial charge in [0, 0.05) is 33.4 Å². The zero-order valence-electron chi connectivity index (χ0n) is 26.6. The molecule has 1 heterocycles. The third kappa shape index (κ3) is 4.82. The van der Waals surface area contributed by atoms with Gasteiger partial charge in [-0.15, -0.1) is 0 Å². The second kappa shape index (κ2) is 11.9. The average molecular weight is 615 g/mol. The maximum Gasteiger partial charge on any atom is 0.0547 e. The molecule has 0 saturated heterocycles. The first-order valence-electron chi connectivity index (χ1n) is 16.8. The summed E-state index contributed by atoms with van der Waals surface area (Å²) in [5.74, 6) is 0. The van der Waals surface area contributed by atoms with Crippen LogP contribution in [-0.4, -0.2) is 4.57 Å². The molecule has 1 aliphatic carbocycles. The monoisotopic (exact) mass is 614 g/mol. The quantitative estimate of drug-likeness (QED) is 0.181. The van der Waals surface area contributed by atoms with Crippen molar-refractivity contribution < 1.29 is 0 Å². The van der Waals surface area contributed by atoms with E-state index in [-0.39, 0.29) is 0 Å². The largest absolute Gasteiger partial charge is 0.310 e. The molecule has 0 saturated carbocycles. The second-order valence-electron chi connectivity index (χ2n) is 12.5. The number of rotatable bonds is 6. The molecule has 0 aliphatic heterocycles. The lowest BCUT2D eigenvalue weighted by Crippen LogP contribution is -2.11. The molecule has 48 heavy (non-hydrogen) atoms. The van der Waals surface area contributed by atoms with Crippen LogP contribution >= 0.6 is 0 Å². The Labute approximate surface area is 281 Å². The van der Waals surface area contributed by atoms with Crippen molar-refractivity contribution in [2.75, 3.05) is 4.90 Å². The van der Waals surface area contributed by atoms with Crippen LogP contribution in [-0.2, 0) is 0 Å². The topological polar surface area (TPSA) is 8.17 Å². The van der Waals surface area contributed by atoms with Gasteiger partial charge < -0.3 is 9.47 Å². The van der Waals surface area contributed by atoms with E-state index in [1.807, 2.05) is 0 Å². The number of nitrogens with zero attached hydrogens (tertiary/aromatic N) is 2. The van der Waals surface area contributed by atoms with Crippen LogP contribution in [0.25, 0.3) is 55.0 Å².